The van der Waals surface area contributed by atoms with Crippen molar-refractivity contribution < 1.29 is 19.1 Å². The first-order valence-corrected chi connectivity index (χ1v) is 10.5. The van der Waals surface area contributed by atoms with Gasteiger partial charge in [0.2, 0.25) is 0 Å². The number of benzene rings is 2. The molecule has 2 heterocycles. The minimum absolute atomic E-state index is 0.179. The van der Waals surface area contributed by atoms with E-state index in [4.69, 9.17) is 9.15 Å². The van der Waals surface area contributed by atoms with E-state index in [-0.39, 0.29) is 17.8 Å². The number of hydrogen-bond acceptors (Lipinski definition) is 6. The molecule has 0 radical (unpaired) electrons. The molecular weight excluding hydrogens is 420 g/mol. The summed E-state index contributed by atoms with van der Waals surface area (Å²) < 4.78 is 10.9. The fourth-order valence-electron chi connectivity index (χ4n) is 3.62. The quantitative estimate of drug-likeness (QED) is 0.450. The normalized spacial score (nSPS) is 11.8. The Morgan fingerprint density at radius 2 is 1.82 bits per heavy atom. The number of fused-ring (bicyclic) bond motifs is 1. The molecule has 2 aromatic heterocycles. The summed E-state index contributed by atoms with van der Waals surface area (Å²) in [5.74, 6) is 0.261. The Morgan fingerprint density at radius 1 is 1.06 bits per heavy atom. The van der Waals surface area contributed by atoms with Crippen LogP contribution >= 0.6 is 0 Å². The Labute approximate surface area is 190 Å². The third-order valence-corrected chi connectivity index (χ3v) is 5.31. The van der Waals surface area contributed by atoms with Crippen molar-refractivity contribution in [1.29, 1.82) is 0 Å². The molecule has 2 aromatic carbocycles. The van der Waals surface area contributed by atoms with Crippen LogP contribution in [0.2, 0.25) is 0 Å². The average molecular weight is 444 g/mol. The molecule has 1 amide bonds. The highest BCUT2D eigenvalue weighted by molar-refractivity contribution is 5.83. The predicted octanol–water partition coefficient (Wildman–Crippen LogP) is 4.12. The molecule has 0 aliphatic heterocycles. The van der Waals surface area contributed by atoms with Gasteiger partial charge in [-0.3, -0.25) is 4.98 Å². The first-order chi connectivity index (χ1) is 15.9. The van der Waals surface area contributed by atoms with Crippen LogP contribution in [-0.4, -0.2) is 35.2 Å². The van der Waals surface area contributed by atoms with Gasteiger partial charge in [-0.1, -0.05) is 36.4 Å². The number of aliphatic hydroxyl groups excluding tert-OH is 1. The Kier molecular flexibility index (Phi) is 6.51. The minimum Gasteiger partial charge on any atom is -0.422 e. The lowest BCUT2D eigenvalue weighted by atomic mass is 9.93. The molecule has 0 spiro atoms. The third kappa shape index (κ3) is 5.10. The number of aromatic nitrogens is 1. The van der Waals surface area contributed by atoms with Crippen LogP contribution in [0.1, 0.15) is 28.5 Å². The van der Waals surface area contributed by atoms with E-state index in [1.165, 1.54) is 11.0 Å². The fourth-order valence-corrected chi connectivity index (χ4v) is 3.62. The van der Waals surface area contributed by atoms with Crippen molar-refractivity contribution in [2.24, 2.45) is 0 Å². The van der Waals surface area contributed by atoms with Crippen molar-refractivity contribution in [1.82, 2.24) is 9.88 Å². The van der Waals surface area contributed by atoms with Crippen LogP contribution in [0.15, 0.2) is 82.1 Å². The van der Waals surface area contributed by atoms with Crippen LogP contribution in [0.25, 0.3) is 11.0 Å². The molecule has 0 fully saturated rings. The van der Waals surface area contributed by atoms with Crippen molar-refractivity contribution in [3.63, 3.8) is 0 Å². The maximum absolute atomic E-state index is 13.0. The second-order valence-electron chi connectivity index (χ2n) is 7.90. The fraction of sp³-hybridized carbons (Fsp3) is 0.192. The second-order valence-corrected chi connectivity index (χ2v) is 7.90. The lowest BCUT2D eigenvalue weighted by Crippen LogP contribution is -2.25. The van der Waals surface area contributed by atoms with Crippen molar-refractivity contribution in [3.8, 4) is 5.75 Å². The van der Waals surface area contributed by atoms with Crippen molar-refractivity contribution in [2.75, 3.05) is 14.1 Å². The Morgan fingerprint density at radius 3 is 2.52 bits per heavy atom. The topological polar surface area (TPSA) is 92.9 Å². The highest BCUT2D eigenvalue weighted by Gasteiger charge is 2.20. The van der Waals surface area contributed by atoms with Crippen molar-refractivity contribution in [2.45, 2.75) is 18.9 Å². The van der Waals surface area contributed by atoms with Crippen LogP contribution in [0.3, 0.4) is 0 Å². The van der Waals surface area contributed by atoms with E-state index in [9.17, 15) is 14.7 Å². The number of amides is 1. The molecule has 4 aromatic rings. The molecule has 33 heavy (non-hydrogen) atoms. The molecule has 1 atom stereocenters. The summed E-state index contributed by atoms with van der Waals surface area (Å²) in [7, 11) is 3.16. The number of aliphatic hydroxyl groups is 1. The van der Waals surface area contributed by atoms with E-state index in [0.717, 1.165) is 5.56 Å². The zero-order valence-corrected chi connectivity index (χ0v) is 18.4. The number of ether oxygens (including phenoxy) is 1. The van der Waals surface area contributed by atoms with Gasteiger partial charge in [0.05, 0.1) is 11.8 Å². The van der Waals surface area contributed by atoms with E-state index < -0.39 is 17.8 Å². The van der Waals surface area contributed by atoms with Gasteiger partial charge >= 0.3 is 11.7 Å². The lowest BCUT2D eigenvalue weighted by molar-refractivity contribution is 0.172. The standard InChI is InChI=1S/C26H24N2O5/c1-28(2)26(31)32-18-11-12-19-20(16-23(29)22-10-6-7-13-27-22)21(25(30)33-24(19)15-18)14-17-8-4-3-5-9-17/h3-13,15,23,29H,14,16H2,1-2H3. The number of rotatable bonds is 6. The van der Waals surface area contributed by atoms with E-state index in [2.05, 4.69) is 4.98 Å². The number of carbonyl (C=O) groups excluding carboxylic acids is 1. The number of hydrogen-bond donors (Lipinski definition) is 1. The molecule has 0 aliphatic carbocycles. The molecule has 7 nitrogen and oxygen atoms in total. The summed E-state index contributed by atoms with van der Waals surface area (Å²) >= 11 is 0. The number of pyridine rings is 1. The van der Waals surface area contributed by atoms with Crippen LogP contribution in [-0.2, 0) is 12.8 Å². The van der Waals surface area contributed by atoms with E-state index in [1.54, 1.807) is 50.6 Å². The van der Waals surface area contributed by atoms with Gasteiger partial charge in [-0.25, -0.2) is 9.59 Å². The summed E-state index contributed by atoms with van der Waals surface area (Å²) in [6, 6.07) is 19.8. The molecular formula is C26H24N2O5. The summed E-state index contributed by atoms with van der Waals surface area (Å²) in [5, 5.41) is 11.5. The van der Waals surface area contributed by atoms with E-state index in [0.29, 0.717) is 28.6 Å². The summed E-state index contributed by atoms with van der Waals surface area (Å²) in [5.41, 5.74) is 2.40. The molecule has 4 rings (SSSR count). The molecule has 0 saturated carbocycles. The smallest absolute Gasteiger partial charge is 0.414 e. The minimum atomic E-state index is -0.906. The Bertz CT molecular complexity index is 1320. The summed E-state index contributed by atoms with van der Waals surface area (Å²) in [4.78, 5) is 30.5. The zero-order chi connectivity index (χ0) is 23.4. The van der Waals surface area contributed by atoms with Gasteiger partial charge in [0, 0.05) is 50.1 Å². The molecule has 0 saturated heterocycles. The van der Waals surface area contributed by atoms with E-state index >= 15 is 0 Å². The van der Waals surface area contributed by atoms with Crippen LogP contribution in [0.4, 0.5) is 4.79 Å². The first kappa shape index (κ1) is 22.2. The third-order valence-electron chi connectivity index (χ3n) is 5.31. The maximum atomic E-state index is 13.0. The van der Waals surface area contributed by atoms with Gasteiger partial charge in [0.15, 0.2) is 0 Å². The molecule has 1 N–H and O–H groups in total. The van der Waals surface area contributed by atoms with Gasteiger partial charge in [-0.15, -0.1) is 0 Å². The van der Waals surface area contributed by atoms with Crippen LogP contribution in [0.5, 0.6) is 5.75 Å². The number of nitrogens with zero attached hydrogens (tertiary/aromatic N) is 2. The first-order valence-electron chi connectivity index (χ1n) is 10.5. The van der Waals surface area contributed by atoms with Crippen molar-refractivity contribution >= 4 is 17.1 Å². The zero-order valence-electron chi connectivity index (χ0n) is 18.4. The summed E-state index contributed by atoms with van der Waals surface area (Å²) in [6.07, 6.45) is 0.714. The SMILES string of the molecule is CN(C)C(=O)Oc1ccc2c(CC(O)c3ccccn3)c(Cc3ccccc3)c(=O)oc2c1. The highest BCUT2D eigenvalue weighted by atomic mass is 16.6. The van der Waals surface area contributed by atoms with Gasteiger partial charge in [-0.2, -0.15) is 0 Å². The summed E-state index contributed by atoms with van der Waals surface area (Å²) in [6.45, 7) is 0. The van der Waals surface area contributed by atoms with Crippen LogP contribution < -0.4 is 10.4 Å². The van der Waals surface area contributed by atoms with E-state index in [1.807, 2.05) is 30.3 Å². The second kappa shape index (κ2) is 9.67. The molecule has 168 valence electrons. The highest BCUT2D eigenvalue weighted by Crippen LogP contribution is 2.29. The average Bonchev–Trinajstić information content (AvgIpc) is 2.82. The Balaban J connectivity index is 1.80. The molecule has 0 bridgehead atoms. The van der Waals surface area contributed by atoms with Gasteiger partial charge in [-0.05, 0) is 35.4 Å². The van der Waals surface area contributed by atoms with Gasteiger partial charge in [0.25, 0.3) is 0 Å². The van der Waals surface area contributed by atoms with Gasteiger partial charge < -0.3 is 19.2 Å². The number of carbonyl (C=O) groups is 1. The predicted molar refractivity (Wildman–Crippen MR) is 124 cm³/mol. The van der Waals surface area contributed by atoms with Crippen molar-refractivity contribution in [3.05, 3.63) is 106 Å². The lowest BCUT2D eigenvalue weighted by Gasteiger charge is -2.16. The molecule has 1 unspecified atom stereocenters. The van der Waals surface area contributed by atoms with Crippen LogP contribution in [0, 0.1) is 0 Å². The monoisotopic (exact) mass is 444 g/mol. The maximum Gasteiger partial charge on any atom is 0.414 e. The Hall–Kier alpha value is -3.97. The molecule has 7 heteroatoms. The largest absolute Gasteiger partial charge is 0.422 e. The molecule has 0 aliphatic rings. The van der Waals surface area contributed by atoms with Gasteiger partial charge in [0.1, 0.15) is 11.3 Å².